The number of halogens is 3. The van der Waals surface area contributed by atoms with E-state index in [4.69, 9.17) is 17.4 Å². The number of nitrogens with two attached hydrogens (primary N) is 1. The molecule has 0 radical (unpaired) electrons. The molecule has 2 rings (SSSR count). The molecule has 0 aliphatic carbocycles. The van der Waals surface area contributed by atoms with Crippen molar-refractivity contribution in [3.8, 4) is 0 Å². The van der Waals surface area contributed by atoms with Gasteiger partial charge in [-0.2, -0.15) is 0 Å². The van der Waals surface area contributed by atoms with Crippen LogP contribution in [0, 0.1) is 0 Å². The number of hydrogen-bond donors (Lipinski definition) is 2. The van der Waals surface area contributed by atoms with Crippen LogP contribution < -0.4 is 15.8 Å². The number of alkyl halides is 2. The van der Waals surface area contributed by atoms with E-state index >= 15 is 0 Å². The summed E-state index contributed by atoms with van der Waals surface area (Å²) in [4.78, 5) is 3.99. The Morgan fingerprint density at radius 2 is 2.09 bits per heavy atom. The second kappa shape index (κ2) is 9.74. The fourth-order valence-electron chi connectivity index (χ4n) is 1.76. The van der Waals surface area contributed by atoms with Crippen molar-refractivity contribution in [3.05, 3.63) is 65.6 Å². The zero-order valence-electron chi connectivity index (χ0n) is 12.8. The molecule has 7 heteroatoms. The lowest BCUT2D eigenvalue weighted by molar-refractivity contribution is -0.632. The van der Waals surface area contributed by atoms with Crippen LogP contribution >= 0.6 is 11.6 Å². The number of anilines is 1. The third-order valence-corrected chi connectivity index (χ3v) is 2.95. The van der Waals surface area contributed by atoms with E-state index in [1.165, 1.54) is 4.68 Å². The molecule has 0 atom stereocenters. The maximum atomic E-state index is 12.2. The van der Waals surface area contributed by atoms with Crippen molar-refractivity contribution in [2.75, 3.05) is 17.7 Å². The van der Waals surface area contributed by atoms with Crippen LogP contribution in [-0.4, -0.2) is 18.0 Å². The van der Waals surface area contributed by atoms with Gasteiger partial charge in [0.1, 0.15) is 17.4 Å². The van der Waals surface area contributed by atoms with Crippen molar-refractivity contribution in [3.63, 3.8) is 0 Å². The summed E-state index contributed by atoms with van der Waals surface area (Å²) in [6.45, 7) is 4.81. The molecule has 0 aliphatic rings. The van der Waals surface area contributed by atoms with Gasteiger partial charge in [-0.25, -0.2) is 13.8 Å². The van der Waals surface area contributed by atoms with E-state index in [-0.39, 0.29) is 0 Å². The monoisotopic (exact) mass is 341 g/mol. The molecule has 0 saturated carbocycles. The highest BCUT2D eigenvalue weighted by atomic mass is 35.5. The zero-order valence-corrected chi connectivity index (χ0v) is 13.6. The minimum atomic E-state index is -2.43. The van der Waals surface area contributed by atoms with Gasteiger partial charge in [-0.3, -0.25) is 11.2 Å². The largest absolute Gasteiger partial charge is 0.297 e. The molecule has 124 valence electrons. The van der Waals surface area contributed by atoms with Gasteiger partial charge in [0.2, 0.25) is 0 Å². The summed E-state index contributed by atoms with van der Waals surface area (Å²) in [5.74, 6) is 6.35. The number of nitrogens with zero attached hydrogens (tertiary/aromatic N) is 2. The minimum absolute atomic E-state index is 0.418. The molecule has 2 aromatic heterocycles. The van der Waals surface area contributed by atoms with Gasteiger partial charge in [-0.15, -0.1) is 11.3 Å². The smallest absolute Gasteiger partial charge is 0.269 e. The molecule has 0 amide bonds. The van der Waals surface area contributed by atoms with Gasteiger partial charge < -0.3 is 0 Å². The van der Waals surface area contributed by atoms with E-state index in [2.05, 4.69) is 16.9 Å². The average Bonchev–Trinajstić information content (AvgIpc) is 2.51. The van der Waals surface area contributed by atoms with Crippen LogP contribution in [0.15, 0.2) is 49.2 Å². The number of hydrogen-bond acceptors (Lipinski definition) is 3. The summed E-state index contributed by atoms with van der Waals surface area (Å²) >= 11 is 5.72. The molecule has 0 fully saturated rings. The molecule has 0 bridgehead atoms. The van der Waals surface area contributed by atoms with Gasteiger partial charge in [0, 0.05) is 18.7 Å². The molecule has 2 aromatic rings. The summed E-state index contributed by atoms with van der Waals surface area (Å²) in [5, 5.41) is 3.02. The highest BCUT2D eigenvalue weighted by Gasteiger charge is 2.14. The molecule has 0 aromatic carbocycles. The van der Waals surface area contributed by atoms with Gasteiger partial charge in [-0.05, 0) is 24.6 Å². The van der Waals surface area contributed by atoms with Gasteiger partial charge >= 0.3 is 0 Å². The van der Waals surface area contributed by atoms with Crippen LogP contribution in [0.1, 0.15) is 18.2 Å². The average molecular weight is 342 g/mol. The molecule has 23 heavy (non-hydrogen) atoms. The lowest BCUT2D eigenvalue weighted by atomic mass is 10.1. The first-order valence-corrected chi connectivity index (χ1v) is 7.34. The first-order chi connectivity index (χ1) is 11.0. The predicted octanol–water partition coefficient (Wildman–Crippen LogP) is 3.20. The summed E-state index contributed by atoms with van der Waals surface area (Å²) in [5.41, 5.74) is 1.70. The van der Waals surface area contributed by atoms with Gasteiger partial charge in [0.25, 0.3) is 12.2 Å². The van der Waals surface area contributed by atoms with Crippen molar-refractivity contribution in [2.24, 2.45) is 0 Å². The molecular weight excluding hydrogens is 322 g/mol. The van der Waals surface area contributed by atoms with Gasteiger partial charge in [0.15, 0.2) is 0 Å². The number of pyridine rings is 2. The standard InChI is InChI=1S/C13H13ClF2N4.C3H6/c14-11-5-4-9(7-18-11)6-10-2-1-3-13(20(10)17)19-8-12(15)16;1-3-2/h1-5,7,12H,6,8,17H2;3H,1H2,2H3/p+1. The Labute approximate surface area is 139 Å². The lowest BCUT2D eigenvalue weighted by Gasteiger charge is -2.07. The number of allylic oxidation sites excluding steroid dienone is 1. The van der Waals surface area contributed by atoms with E-state index in [0.29, 0.717) is 17.4 Å². The van der Waals surface area contributed by atoms with Crippen LogP contribution in [0.5, 0.6) is 0 Å². The Balaban J connectivity index is 0.000000816. The Kier molecular flexibility index (Phi) is 7.97. The van der Waals surface area contributed by atoms with E-state index in [9.17, 15) is 8.78 Å². The Hall–Kier alpha value is -2.21. The van der Waals surface area contributed by atoms with E-state index < -0.39 is 13.0 Å². The molecule has 4 nitrogen and oxygen atoms in total. The molecule has 0 aliphatic heterocycles. The van der Waals surface area contributed by atoms with Crippen LogP contribution in [0.4, 0.5) is 14.6 Å². The maximum Gasteiger partial charge on any atom is 0.297 e. The first-order valence-electron chi connectivity index (χ1n) is 6.96. The number of nitrogen functional groups attached to an aromatic ring is 1. The quantitative estimate of drug-likeness (QED) is 0.380. The molecule has 2 heterocycles. The van der Waals surface area contributed by atoms with E-state index in [0.717, 1.165) is 11.3 Å². The SMILES string of the molecule is C=CC.N[n+]1c(Cc2ccc(Cl)nc2)cccc1NCC(F)F. The molecular formula is C16H20ClF2N4+. The molecule has 3 N–H and O–H groups in total. The first kappa shape index (κ1) is 18.8. The molecule has 0 spiro atoms. The van der Waals surface area contributed by atoms with Crippen molar-refractivity contribution >= 4 is 17.4 Å². The van der Waals surface area contributed by atoms with Crippen LogP contribution in [0.2, 0.25) is 5.15 Å². The second-order valence-electron chi connectivity index (χ2n) is 4.62. The fourth-order valence-corrected chi connectivity index (χ4v) is 1.87. The van der Waals surface area contributed by atoms with Crippen molar-refractivity contribution in [1.82, 2.24) is 4.98 Å². The lowest BCUT2D eigenvalue weighted by Crippen LogP contribution is -2.50. The molecule has 0 unspecified atom stereocenters. The zero-order chi connectivity index (χ0) is 17.2. The topological polar surface area (TPSA) is 54.8 Å². The second-order valence-corrected chi connectivity index (χ2v) is 5.01. The number of nitrogens with one attached hydrogen (secondary N) is 1. The van der Waals surface area contributed by atoms with Crippen LogP contribution in [0.25, 0.3) is 0 Å². The maximum absolute atomic E-state index is 12.2. The summed E-state index contributed by atoms with van der Waals surface area (Å²) in [7, 11) is 0. The minimum Gasteiger partial charge on any atom is -0.269 e. The van der Waals surface area contributed by atoms with Crippen molar-refractivity contribution in [1.29, 1.82) is 0 Å². The number of aromatic nitrogens is 2. The van der Waals surface area contributed by atoms with Crippen molar-refractivity contribution < 1.29 is 13.5 Å². The Morgan fingerprint density at radius 3 is 2.65 bits per heavy atom. The Bertz CT molecular complexity index is 618. The van der Waals surface area contributed by atoms with Gasteiger partial charge in [-0.1, -0.05) is 29.8 Å². The fraction of sp³-hybridized carbons (Fsp3) is 0.250. The normalized spacial score (nSPS) is 9.96. The summed E-state index contributed by atoms with van der Waals surface area (Å²) < 4.78 is 25.8. The van der Waals surface area contributed by atoms with E-state index in [1.807, 2.05) is 19.1 Å². The van der Waals surface area contributed by atoms with E-state index in [1.54, 1.807) is 30.5 Å². The molecule has 0 saturated heterocycles. The Morgan fingerprint density at radius 1 is 1.39 bits per heavy atom. The van der Waals surface area contributed by atoms with Crippen LogP contribution in [0.3, 0.4) is 0 Å². The van der Waals surface area contributed by atoms with Gasteiger partial charge in [0.05, 0.1) is 0 Å². The number of rotatable bonds is 5. The highest BCUT2D eigenvalue weighted by Crippen LogP contribution is 2.10. The summed E-state index contributed by atoms with van der Waals surface area (Å²) in [6, 6.07) is 8.76. The summed E-state index contributed by atoms with van der Waals surface area (Å²) in [6.07, 6.45) is 1.51. The van der Waals surface area contributed by atoms with Crippen molar-refractivity contribution in [2.45, 2.75) is 19.8 Å². The van der Waals surface area contributed by atoms with Crippen LogP contribution in [-0.2, 0) is 6.42 Å². The predicted molar refractivity (Wildman–Crippen MR) is 89.2 cm³/mol. The highest BCUT2D eigenvalue weighted by molar-refractivity contribution is 6.29. The third-order valence-electron chi connectivity index (χ3n) is 2.72. The third kappa shape index (κ3) is 6.61.